The average molecular weight is 409 g/mol. The molecule has 0 fully saturated rings. The molecular weight excluding hydrogens is 391 g/mol. The van der Waals surface area contributed by atoms with E-state index >= 15 is 0 Å². The first-order chi connectivity index (χ1) is 12.9. The van der Waals surface area contributed by atoms with Gasteiger partial charge in [-0.05, 0) is 36.8 Å². The Hall–Kier alpha value is -2.57. The molecule has 2 aromatic rings. The molecule has 142 valence electrons. The van der Waals surface area contributed by atoms with Gasteiger partial charge in [0.1, 0.15) is 0 Å². The summed E-state index contributed by atoms with van der Waals surface area (Å²) in [4.78, 5) is 35.3. The molecule has 8 heteroatoms. The number of amides is 2. The Morgan fingerprint density at radius 2 is 1.67 bits per heavy atom. The zero-order chi connectivity index (χ0) is 19.6. The number of benzene rings is 2. The summed E-state index contributed by atoms with van der Waals surface area (Å²) >= 11 is 11.8. The van der Waals surface area contributed by atoms with E-state index in [1.54, 1.807) is 48.5 Å². The number of anilines is 2. The number of esters is 1. The van der Waals surface area contributed by atoms with Gasteiger partial charge in [0, 0.05) is 23.6 Å². The SMILES string of the molecule is O=C(CCCC(=O)OCC(=O)Nc1ccccc1Cl)Nc1cccc(Cl)c1. The van der Waals surface area contributed by atoms with Crippen LogP contribution in [-0.4, -0.2) is 24.4 Å². The average Bonchev–Trinajstić information content (AvgIpc) is 2.62. The van der Waals surface area contributed by atoms with E-state index < -0.39 is 18.5 Å². The van der Waals surface area contributed by atoms with Crippen molar-refractivity contribution in [1.29, 1.82) is 0 Å². The van der Waals surface area contributed by atoms with Crippen LogP contribution in [0.15, 0.2) is 48.5 Å². The lowest BCUT2D eigenvalue weighted by molar-refractivity contribution is -0.147. The van der Waals surface area contributed by atoms with Crippen LogP contribution in [0.3, 0.4) is 0 Å². The second-order valence-corrected chi connectivity index (χ2v) is 6.44. The van der Waals surface area contributed by atoms with Crippen LogP contribution < -0.4 is 10.6 Å². The van der Waals surface area contributed by atoms with E-state index in [4.69, 9.17) is 27.9 Å². The summed E-state index contributed by atoms with van der Waals surface area (Å²) in [6, 6.07) is 13.5. The molecule has 0 spiro atoms. The zero-order valence-electron chi connectivity index (χ0n) is 14.3. The van der Waals surface area contributed by atoms with Crippen molar-refractivity contribution in [2.24, 2.45) is 0 Å². The maximum Gasteiger partial charge on any atom is 0.306 e. The predicted molar refractivity (Wildman–Crippen MR) is 105 cm³/mol. The molecule has 6 nitrogen and oxygen atoms in total. The van der Waals surface area contributed by atoms with Gasteiger partial charge in [-0.3, -0.25) is 14.4 Å². The first-order valence-electron chi connectivity index (χ1n) is 8.19. The molecule has 0 aliphatic rings. The second-order valence-electron chi connectivity index (χ2n) is 5.60. The number of carbonyl (C=O) groups excluding carboxylic acids is 3. The number of para-hydroxylation sites is 1. The van der Waals surface area contributed by atoms with Gasteiger partial charge in [0.15, 0.2) is 6.61 Å². The third kappa shape index (κ3) is 7.68. The summed E-state index contributed by atoms with van der Waals surface area (Å²) in [6.07, 6.45) is 0.479. The molecule has 2 rings (SSSR count). The van der Waals surface area contributed by atoms with Gasteiger partial charge in [0.25, 0.3) is 5.91 Å². The maximum absolute atomic E-state index is 11.8. The normalized spacial score (nSPS) is 10.1. The Bertz CT molecular complexity index is 827. The van der Waals surface area contributed by atoms with Gasteiger partial charge in [0.05, 0.1) is 10.7 Å². The highest BCUT2D eigenvalue weighted by Crippen LogP contribution is 2.20. The van der Waals surface area contributed by atoms with Crippen molar-refractivity contribution < 1.29 is 19.1 Å². The van der Waals surface area contributed by atoms with Gasteiger partial charge in [-0.25, -0.2) is 0 Å². The molecule has 2 aromatic carbocycles. The molecule has 0 heterocycles. The molecule has 0 aromatic heterocycles. The Kier molecular flexibility index (Phi) is 8.10. The smallest absolute Gasteiger partial charge is 0.306 e. The van der Waals surface area contributed by atoms with Crippen LogP contribution in [0, 0.1) is 0 Å². The Morgan fingerprint density at radius 3 is 2.41 bits per heavy atom. The molecule has 27 heavy (non-hydrogen) atoms. The highest BCUT2D eigenvalue weighted by Gasteiger charge is 2.10. The van der Waals surface area contributed by atoms with Crippen molar-refractivity contribution in [2.75, 3.05) is 17.2 Å². The number of ether oxygens (including phenoxy) is 1. The topological polar surface area (TPSA) is 84.5 Å². The van der Waals surface area contributed by atoms with Crippen LogP contribution >= 0.6 is 23.2 Å². The van der Waals surface area contributed by atoms with E-state index in [2.05, 4.69) is 10.6 Å². The highest BCUT2D eigenvalue weighted by atomic mass is 35.5. The first kappa shape index (κ1) is 20.7. The van der Waals surface area contributed by atoms with Gasteiger partial charge >= 0.3 is 5.97 Å². The number of carbonyl (C=O) groups is 3. The lowest BCUT2D eigenvalue weighted by Gasteiger charge is -2.08. The summed E-state index contributed by atoms with van der Waals surface area (Å²) < 4.78 is 4.89. The fourth-order valence-electron chi connectivity index (χ4n) is 2.15. The minimum absolute atomic E-state index is 0.0301. The summed E-state index contributed by atoms with van der Waals surface area (Å²) in [6.45, 7) is -0.418. The molecule has 0 radical (unpaired) electrons. The number of hydrogen-bond donors (Lipinski definition) is 2. The Labute approximate surface area is 166 Å². The predicted octanol–water partition coefficient (Wildman–Crippen LogP) is 4.28. The standard InChI is InChI=1S/C19H18Cl2N2O4/c20-13-5-3-6-14(11-13)22-17(24)9-4-10-19(26)27-12-18(25)23-16-8-2-1-7-15(16)21/h1-3,5-8,11H,4,9-10,12H2,(H,22,24)(H,23,25). The van der Waals surface area contributed by atoms with E-state index in [0.29, 0.717) is 27.8 Å². The van der Waals surface area contributed by atoms with Crippen molar-refractivity contribution in [3.63, 3.8) is 0 Å². The zero-order valence-corrected chi connectivity index (χ0v) is 15.8. The van der Waals surface area contributed by atoms with E-state index in [1.165, 1.54) is 0 Å². The van der Waals surface area contributed by atoms with Crippen LogP contribution in [0.25, 0.3) is 0 Å². The van der Waals surface area contributed by atoms with E-state index in [0.717, 1.165) is 0 Å². The van der Waals surface area contributed by atoms with Gasteiger partial charge in [-0.1, -0.05) is 41.4 Å². The van der Waals surface area contributed by atoms with Gasteiger partial charge in [-0.15, -0.1) is 0 Å². The molecule has 2 N–H and O–H groups in total. The number of hydrogen-bond acceptors (Lipinski definition) is 4. The van der Waals surface area contributed by atoms with Gasteiger partial charge in [0.2, 0.25) is 5.91 Å². The summed E-state index contributed by atoms with van der Waals surface area (Å²) in [5.41, 5.74) is 1.03. The summed E-state index contributed by atoms with van der Waals surface area (Å²) in [5, 5.41) is 6.15. The van der Waals surface area contributed by atoms with Crippen LogP contribution in [-0.2, 0) is 19.1 Å². The minimum atomic E-state index is -0.556. The molecule has 0 aliphatic carbocycles. The molecule has 0 unspecified atom stereocenters. The third-order valence-electron chi connectivity index (χ3n) is 3.41. The molecule has 0 bridgehead atoms. The highest BCUT2D eigenvalue weighted by molar-refractivity contribution is 6.33. The molecular formula is C19H18Cl2N2O4. The van der Waals surface area contributed by atoms with E-state index in [1.807, 2.05) is 0 Å². The summed E-state index contributed by atoms with van der Waals surface area (Å²) in [7, 11) is 0. The van der Waals surface area contributed by atoms with Crippen LogP contribution in [0.4, 0.5) is 11.4 Å². The largest absolute Gasteiger partial charge is 0.456 e. The fraction of sp³-hybridized carbons (Fsp3) is 0.211. The van der Waals surface area contributed by atoms with Crippen molar-refractivity contribution >= 4 is 52.4 Å². The number of nitrogens with one attached hydrogen (secondary N) is 2. The lowest BCUT2D eigenvalue weighted by atomic mass is 10.2. The molecule has 2 amide bonds. The van der Waals surface area contributed by atoms with Crippen molar-refractivity contribution in [1.82, 2.24) is 0 Å². The Morgan fingerprint density at radius 1 is 0.889 bits per heavy atom. The minimum Gasteiger partial charge on any atom is -0.456 e. The lowest BCUT2D eigenvalue weighted by Crippen LogP contribution is -2.21. The van der Waals surface area contributed by atoms with Gasteiger partial charge in [-0.2, -0.15) is 0 Å². The van der Waals surface area contributed by atoms with Gasteiger partial charge < -0.3 is 15.4 Å². The van der Waals surface area contributed by atoms with Crippen LogP contribution in [0.1, 0.15) is 19.3 Å². The van der Waals surface area contributed by atoms with Crippen molar-refractivity contribution in [3.05, 3.63) is 58.6 Å². The summed E-state index contributed by atoms with van der Waals surface area (Å²) in [5.74, 6) is -1.28. The van der Waals surface area contributed by atoms with E-state index in [9.17, 15) is 14.4 Å². The number of halogens is 2. The van der Waals surface area contributed by atoms with Crippen LogP contribution in [0.2, 0.25) is 10.0 Å². The van der Waals surface area contributed by atoms with Crippen molar-refractivity contribution in [2.45, 2.75) is 19.3 Å². The molecule has 0 aliphatic heterocycles. The molecule has 0 saturated heterocycles. The molecule has 0 saturated carbocycles. The quantitative estimate of drug-likeness (QED) is 0.638. The van der Waals surface area contributed by atoms with Crippen molar-refractivity contribution in [3.8, 4) is 0 Å². The second kappa shape index (κ2) is 10.5. The molecule has 0 atom stereocenters. The number of rotatable bonds is 8. The first-order valence-corrected chi connectivity index (χ1v) is 8.95. The van der Waals surface area contributed by atoms with Crippen LogP contribution in [0.5, 0.6) is 0 Å². The fourth-order valence-corrected chi connectivity index (χ4v) is 2.52. The maximum atomic E-state index is 11.8. The monoisotopic (exact) mass is 408 g/mol. The third-order valence-corrected chi connectivity index (χ3v) is 3.97. The van der Waals surface area contributed by atoms with E-state index in [-0.39, 0.29) is 18.7 Å². The Balaban J connectivity index is 1.63.